The van der Waals surface area contributed by atoms with Gasteiger partial charge in [0.1, 0.15) is 0 Å². The van der Waals surface area contributed by atoms with Crippen LogP contribution in [0.4, 0.5) is 0 Å². The zero-order chi connectivity index (χ0) is 14.5. The number of hydrogen-bond acceptors (Lipinski definition) is 1. The number of rotatable bonds is 0. The van der Waals surface area contributed by atoms with E-state index < -0.39 is 0 Å². The van der Waals surface area contributed by atoms with Crippen molar-refractivity contribution in [1.82, 2.24) is 4.57 Å². The van der Waals surface area contributed by atoms with Crippen molar-refractivity contribution in [3.8, 4) is 0 Å². The second-order valence-corrected chi connectivity index (χ2v) is 6.35. The molecule has 102 valence electrons. The first kappa shape index (κ1) is 12.9. The molecule has 1 heterocycles. The number of fused-ring (bicyclic) bond motifs is 3. The maximum Gasteiger partial charge on any atom is 0.228 e. The van der Waals surface area contributed by atoms with Gasteiger partial charge in [0.2, 0.25) is 5.91 Å². The van der Waals surface area contributed by atoms with Gasteiger partial charge in [-0.05, 0) is 23.1 Å². The Kier molecular flexibility index (Phi) is 2.72. The molecule has 0 atom stereocenters. The van der Waals surface area contributed by atoms with Gasteiger partial charge in [0.15, 0.2) is 0 Å². The predicted octanol–water partition coefficient (Wildman–Crippen LogP) is 4.75. The number of benzene rings is 2. The summed E-state index contributed by atoms with van der Waals surface area (Å²) in [6.07, 6.45) is 0. The fourth-order valence-electron chi connectivity index (χ4n) is 2.78. The summed E-state index contributed by atoms with van der Waals surface area (Å²) in [6, 6.07) is 14.5. The first-order valence-corrected chi connectivity index (χ1v) is 6.94. The molecule has 0 spiro atoms. The number of aromatic nitrogens is 1. The molecule has 0 amide bonds. The Bertz CT molecular complexity index is 818. The molecule has 0 bridgehead atoms. The third-order valence-corrected chi connectivity index (χ3v) is 3.85. The van der Waals surface area contributed by atoms with Gasteiger partial charge in [-0.1, -0.05) is 51.1 Å². The quantitative estimate of drug-likeness (QED) is 0.575. The van der Waals surface area contributed by atoms with Crippen LogP contribution in [0.1, 0.15) is 38.1 Å². The molecule has 0 unspecified atom stereocenters. The van der Waals surface area contributed by atoms with Crippen LogP contribution in [0.3, 0.4) is 0 Å². The monoisotopic (exact) mass is 265 g/mol. The topological polar surface area (TPSA) is 22.0 Å². The second kappa shape index (κ2) is 4.20. The lowest BCUT2D eigenvalue weighted by atomic mass is 9.86. The smallest absolute Gasteiger partial charge is 0.228 e. The molecule has 1 aromatic heterocycles. The van der Waals surface area contributed by atoms with E-state index in [-0.39, 0.29) is 11.3 Å². The van der Waals surface area contributed by atoms with Crippen molar-refractivity contribution >= 4 is 27.7 Å². The zero-order valence-corrected chi connectivity index (χ0v) is 12.4. The van der Waals surface area contributed by atoms with Crippen molar-refractivity contribution in [3.05, 3.63) is 48.0 Å². The zero-order valence-electron chi connectivity index (χ0n) is 12.4. The summed E-state index contributed by atoms with van der Waals surface area (Å²) in [7, 11) is 0. The van der Waals surface area contributed by atoms with Crippen molar-refractivity contribution in [2.24, 2.45) is 0 Å². The van der Waals surface area contributed by atoms with Gasteiger partial charge < -0.3 is 0 Å². The summed E-state index contributed by atoms with van der Waals surface area (Å²) in [5.74, 6) is 0.0576. The Morgan fingerprint density at radius 1 is 0.950 bits per heavy atom. The molecular weight excluding hydrogens is 246 g/mol. The van der Waals surface area contributed by atoms with E-state index in [9.17, 15) is 4.79 Å². The first-order valence-electron chi connectivity index (χ1n) is 6.94. The lowest BCUT2D eigenvalue weighted by Gasteiger charge is -2.19. The Labute approximate surface area is 119 Å². The normalized spacial score (nSPS) is 12.2. The van der Waals surface area contributed by atoms with Gasteiger partial charge in [0.05, 0.1) is 11.0 Å². The van der Waals surface area contributed by atoms with Crippen LogP contribution < -0.4 is 0 Å². The van der Waals surface area contributed by atoms with Crippen molar-refractivity contribution in [2.75, 3.05) is 0 Å². The average molecular weight is 265 g/mol. The van der Waals surface area contributed by atoms with E-state index >= 15 is 0 Å². The van der Waals surface area contributed by atoms with E-state index in [0.717, 1.165) is 21.8 Å². The predicted molar refractivity (Wildman–Crippen MR) is 84.4 cm³/mol. The van der Waals surface area contributed by atoms with Gasteiger partial charge >= 0.3 is 0 Å². The molecule has 0 saturated heterocycles. The maximum atomic E-state index is 12.1. The van der Waals surface area contributed by atoms with E-state index in [4.69, 9.17) is 0 Å². The van der Waals surface area contributed by atoms with Crippen LogP contribution in [0.25, 0.3) is 21.8 Å². The molecule has 2 heteroatoms. The molecule has 0 radical (unpaired) electrons. The van der Waals surface area contributed by atoms with E-state index in [1.807, 2.05) is 22.8 Å². The Morgan fingerprint density at radius 2 is 1.60 bits per heavy atom. The van der Waals surface area contributed by atoms with Gasteiger partial charge in [-0.2, -0.15) is 0 Å². The van der Waals surface area contributed by atoms with Crippen molar-refractivity contribution in [1.29, 1.82) is 0 Å². The highest BCUT2D eigenvalue weighted by molar-refractivity contribution is 6.13. The number of carbonyl (C=O) groups excluding carboxylic acids is 1. The minimum absolute atomic E-state index is 0.0576. The molecule has 2 aromatic carbocycles. The second-order valence-electron chi connectivity index (χ2n) is 6.35. The van der Waals surface area contributed by atoms with Crippen LogP contribution >= 0.6 is 0 Å². The summed E-state index contributed by atoms with van der Waals surface area (Å²) in [5.41, 5.74) is 3.31. The van der Waals surface area contributed by atoms with E-state index in [2.05, 4.69) is 45.0 Å². The third kappa shape index (κ3) is 1.83. The maximum absolute atomic E-state index is 12.1. The molecule has 20 heavy (non-hydrogen) atoms. The Balaban J connectivity index is 2.48. The lowest BCUT2D eigenvalue weighted by molar-refractivity contribution is 0.0946. The lowest BCUT2D eigenvalue weighted by Crippen LogP contribution is -2.11. The van der Waals surface area contributed by atoms with E-state index in [1.165, 1.54) is 5.56 Å². The number of para-hydroxylation sites is 1. The highest BCUT2D eigenvalue weighted by Gasteiger charge is 2.18. The Hall–Kier alpha value is -2.09. The standard InChI is InChI=1S/C18H19NO/c1-12(20)19-16-8-6-5-7-14(16)15-10-9-13(11-17(15)19)18(2,3)4/h5-11H,1-4H3. The van der Waals surface area contributed by atoms with Crippen LogP contribution in [0.15, 0.2) is 42.5 Å². The van der Waals surface area contributed by atoms with Gasteiger partial charge in [-0.3, -0.25) is 9.36 Å². The molecule has 3 rings (SSSR count). The van der Waals surface area contributed by atoms with Crippen molar-refractivity contribution < 1.29 is 4.79 Å². The largest absolute Gasteiger partial charge is 0.280 e. The third-order valence-electron chi connectivity index (χ3n) is 3.85. The van der Waals surface area contributed by atoms with Gasteiger partial charge in [-0.15, -0.1) is 0 Å². The minimum Gasteiger partial charge on any atom is -0.280 e. The Morgan fingerprint density at radius 3 is 2.25 bits per heavy atom. The highest BCUT2D eigenvalue weighted by Crippen LogP contribution is 2.32. The molecular formula is C18H19NO. The van der Waals surface area contributed by atoms with Crippen molar-refractivity contribution in [2.45, 2.75) is 33.1 Å². The SMILES string of the molecule is CC(=O)n1c2ccccc2c2ccc(C(C)(C)C)cc21. The van der Waals surface area contributed by atoms with Crippen LogP contribution in [0.5, 0.6) is 0 Å². The summed E-state index contributed by atoms with van der Waals surface area (Å²) in [4.78, 5) is 12.1. The summed E-state index contributed by atoms with van der Waals surface area (Å²) in [6.45, 7) is 8.19. The molecule has 0 fully saturated rings. The fourth-order valence-corrected chi connectivity index (χ4v) is 2.78. The van der Waals surface area contributed by atoms with Gasteiger partial charge in [0.25, 0.3) is 0 Å². The molecule has 0 N–H and O–H groups in total. The molecule has 0 aliphatic carbocycles. The average Bonchev–Trinajstić information content (AvgIpc) is 2.71. The fraction of sp³-hybridized carbons (Fsp3) is 0.278. The molecule has 3 aromatic rings. The molecule has 0 aliphatic heterocycles. The van der Waals surface area contributed by atoms with Crippen LogP contribution in [0, 0.1) is 0 Å². The van der Waals surface area contributed by atoms with E-state index in [0.29, 0.717) is 0 Å². The van der Waals surface area contributed by atoms with Crippen LogP contribution in [-0.2, 0) is 5.41 Å². The number of hydrogen-bond donors (Lipinski definition) is 0. The van der Waals surface area contributed by atoms with Gasteiger partial charge in [-0.25, -0.2) is 0 Å². The minimum atomic E-state index is 0.0576. The van der Waals surface area contributed by atoms with Crippen LogP contribution in [0.2, 0.25) is 0 Å². The summed E-state index contributed by atoms with van der Waals surface area (Å²) >= 11 is 0. The summed E-state index contributed by atoms with van der Waals surface area (Å²) in [5, 5.41) is 2.28. The molecule has 2 nitrogen and oxygen atoms in total. The van der Waals surface area contributed by atoms with Gasteiger partial charge in [0, 0.05) is 17.7 Å². The summed E-state index contributed by atoms with van der Waals surface area (Å²) < 4.78 is 1.82. The van der Waals surface area contributed by atoms with Crippen molar-refractivity contribution in [3.63, 3.8) is 0 Å². The van der Waals surface area contributed by atoms with Crippen LogP contribution in [-0.4, -0.2) is 10.5 Å². The molecule has 0 saturated carbocycles. The number of nitrogens with zero attached hydrogens (tertiary/aromatic N) is 1. The molecule has 0 aliphatic rings. The number of carbonyl (C=O) groups is 1. The van der Waals surface area contributed by atoms with E-state index in [1.54, 1.807) is 6.92 Å². The highest BCUT2D eigenvalue weighted by atomic mass is 16.1. The first-order chi connectivity index (χ1) is 9.39.